The van der Waals surface area contributed by atoms with Crippen molar-refractivity contribution in [1.82, 2.24) is 25.9 Å². The molecule has 18 nitrogen and oxygen atoms in total. The Morgan fingerprint density at radius 3 is 1.97 bits per heavy atom. The van der Waals surface area contributed by atoms with Crippen molar-refractivity contribution in [3.8, 4) is 0 Å². The summed E-state index contributed by atoms with van der Waals surface area (Å²) in [5.74, 6) is -7.82. The van der Waals surface area contributed by atoms with Crippen LogP contribution in [-0.4, -0.2) is 97.6 Å². The van der Waals surface area contributed by atoms with Crippen molar-refractivity contribution < 1.29 is 44.1 Å². The van der Waals surface area contributed by atoms with E-state index in [0.717, 1.165) is 0 Å². The summed E-state index contributed by atoms with van der Waals surface area (Å²) in [6, 6.07) is -6.10. The molecule has 1 aromatic heterocycles. The molecule has 1 rings (SSSR count). The third-order valence-corrected chi connectivity index (χ3v) is 4.91. The third-order valence-electron chi connectivity index (χ3n) is 4.91. The fourth-order valence-electron chi connectivity index (χ4n) is 3.08. The van der Waals surface area contributed by atoms with E-state index in [-0.39, 0.29) is 31.8 Å². The van der Waals surface area contributed by atoms with Gasteiger partial charge in [0.1, 0.15) is 18.1 Å². The van der Waals surface area contributed by atoms with Gasteiger partial charge in [-0.1, -0.05) is 0 Å². The van der Waals surface area contributed by atoms with Gasteiger partial charge in [-0.25, -0.2) is 9.78 Å². The predicted octanol–water partition coefficient (Wildman–Crippen LogP) is -4.18. The first-order valence-corrected chi connectivity index (χ1v) is 11.2. The summed E-state index contributed by atoms with van der Waals surface area (Å²) in [4.78, 5) is 82.0. The number of hydrogen-bond donors (Lipinski definition) is 10. The van der Waals surface area contributed by atoms with E-state index in [1.54, 1.807) is 0 Å². The van der Waals surface area contributed by atoms with E-state index < -0.39 is 72.6 Å². The molecule has 1 aromatic rings. The van der Waals surface area contributed by atoms with Crippen LogP contribution in [0.3, 0.4) is 0 Å². The van der Waals surface area contributed by atoms with Gasteiger partial charge in [0.05, 0.1) is 25.2 Å². The van der Waals surface area contributed by atoms with Gasteiger partial charge in [-0.3, -0.25) is 29.0 Å². The molecule has 0 aliphatic carbocycles. The predicted molar refractivity (Wildman–Crippen MR) is 128 cm³/mol. The third kappa shape index (κ3) is 11.8. The SMILES string of the molecule is NC(N)=NCCCC(NC(=O)C(CC(=O)O)NC(=O)C(N)Cc1cnc[nH]1)C(=O)NC(CC(=O)O)C(=O)O. The maximum absolute atomic E-state index is 12.9. The van der Waals surface area contributed by atoms with Crippen molar-refractivity contribution in [2.45, 2.75) is 56.3 Å². The first-order chi connectivity index (χ1) is 17.8. The highest BCUT2D eigenvalue weighted by atomic mass is 16.4. The number of aromatic amines is 1. The van der Waals surface area contributed by atoms with Crippen LogP contribution in [0.2, 0.25) is 0 Å². The van der Waals surface area contributed by atoms with Crippen molar-refractivity contribution in [3.05, 3.63) is 18.2 Å². The van der Waals surface area contributed by atoms with Crippen LogP contribution in [0.15, 0.2) is 17.5 Å². The monoisotopic (exact) mass is 541 g/mol. The maximum atomic E-state index is 12.9. The zero-order chi connectivity index (χ0) is 28.8. The fourth-order valence-corrected chi connectivity index (χ4v) is 3.08. The largest absolute Gasteiger partial charge is 0.481 e. The van der Waals surface area contributed by atoms with Gasteiger partial charge in [0, 0.05) is 24.9 Å². The van der Waals surface area contributed by atoms with Gasteiger partial charge in [0.25, 0.3) is 0 Å². The molecule has 1 heterocycles. The molecule has 3 amide bonds. The fraction of sp³-hybridized carbons (Fsp3) is 0.500. The summed E-state index contributed by atoms with van der Waals surface area (Å²) in [6.07, 6.45) is 0.941. The van der Waals surface area contributed by atoms with Gasteiger partial charge in [-0.2, -0.15) is 0 Å². The van der Waals surface area contributed by atoms with Gasteiger partial charge >= 0.3 is 17.9 Å². The summed E-state index contributed by atoms with van der Waals surface area (Å²) in [5, 5.41) is 33.8. The van der Waals surface area contributed by atoms with E-state index in [1.807, 2.05) is 5.32 Å². The van der Waals surface area contributed by atoms with Crippen molar-refractivity contribution >= 4 is 41.6 Å². The van der Waals surface area contributed by atoms with Gasteiger partial charge in [-0.05, 0) is 12.8 Å². The minimum Gasteiger partial charge on any atom is -0.481 e. The van der Waals surface area contributed by atoms with Crippen LogP contribution in [0.25, 0.3) is 0 Å². The van der Waals surface area contributed by atoms with Crippen molar-refractivity contribution in [2.75, 3.05) is 6.54 Å². The number of imidazole rings is 1. The first kappa shape index (κ1) is 31.3. The minimum atomic E-state index is -1.81. The van der Waals surface area contributed by atoms with E-state index in [0.29, 0.717) is 5.69 Å². The van der Waals surface area contributed by atoms with Crippen molar-refractivity contribution in [1.29, 1.82) is 0 Å². The lowest BCUT2D eigenvalue weighted by molar-refractivity contribution is -0.147. The smallest absolute Gasteiger partial charge is 0.326 e. The lowest BCUT2D eigenvalue weighted by Crippen LogP contribution is -2.57. The van der Waals surface area contributed by atoms with Crippen LogP contribution in [-0.2, 0) is 35.2 Å². The zero-order valence-electron chi connectivity index (χ0n) is 20.1. The highest BCUT2D eigenvalue weighted by Crippen LogP contribution is 2.05. The summed E-state index contributed by atoms with van der Waals surface area (Å²) in [5.41, 5.74) is 16.8. The number of rotatable bonds is 17. The molecular weight excluding hydrogens is 510 g/mol. The van der Waals surface area contributed by atoms with Crippen LogP contribution in [0.5, 0.6) is 0 Å². The molecule has 0 bridgehead atoms. The number of aliphatic imine (C=N–C) groups is 1. The second kappa shape index (κ2) is 15.4. The van der Waals surface area contributed by atoms with Crippen LogP contribution in [0.1, 0.15) is 31.4 Å². The van der Waals surface area contributed by atoms with Crippen LogP contribution in [0, 0.1) is 0 Å². The first-order valence-electron chi connectivity index (χ1n) is 11.2. The molecule has 18 heteroatoms. The number of nitrogens with two attached hydrogens (primary N) is 3. The molecule has 0 spiro atoms. The number of carboxylic acids is 3. The van der Waals surface area contributed by atoms with E-state index in [2.05, 4.69) is 25.6 Å². The van der Waals surface area contributed by atoms with Gasteiger partial charge < -0.3 is 53.5 Å². The van der Waals surface area contributed by atoms with E-state index in [4.69, 9.17) is 22.3 Å². The average molecular weight is 542 g/mol. The Morgan fingerprint density at radius 2 is 1.45 bits per heavy atom. The van der Waals surface area contributed by atoms with Crippen molar-refractivity contribution in [3.63, 3.8) is 0 Å². The van der Waals surface area contributed by atoms with Crippen LogP contribution < -0.4 is 33.2 Å². The molecule has 4 unspecified atom stereocenters. The lowest BCUT2D eigenvalue weighted by atomic mass is 10.1. The number of carbonyl (C=O) groups is 6. The van der Waals surface area contributed by atoms with Gasteiger partial charge in [0.15, 0.2) is 5.96 Å². The molecule has 0 aliphatic heterocycles. The number of guanidine groups is 1. The molecule has 0 radical (unpaired) electrons. The van der Waals surface area contributed by atoms with E-state index in [9.17, 15) is 39.0 Å². The van der Waals surface area contributed by atoms with Crippen LogP contribution >= 0.6 is 0 Å². The second-order valence-electron chi connectivity index (χ2n) is 8.05. The molecule has 0 saturated heterocycles. The second-order valence-corrected chi connectivity index (χ2v) is 8.05. The molecule has 13 N–H and O–H groups in total. The Morgan fingerprint density at radius 1 is 0.895 bits per heavy atom. The summed E-state index contributed by atoms with van der Waals surface area (Å²) < 4.78 is 0. The summed E-state index contributed by atoms with van der Waals surface area (Å²) in [6.45, 7) is 0.0250. The number of hydrogen-bond acceptors (Lipinski definition) is 9. The number of nitrogens with one attached hydrogen (secondary N) is 4. The number of amides is 3. The molecule has 4 atom stereocenters. The number of nitrogens with zero attached hydrogens (tertiary/aromatic N) is 2. The molecule has 0 aromatic carbocycles. The normalized spacial score (nSPS) is 13.7. The summed E-state index contributed by atoms with van der Waals surface area (Å²) >= 11 is 0. The number of carboxylic acid groups (broad SMARTS) is 3. The van der Waals surface area contributed by atoms with Gasteiger partial charge in [0.2, 0.25) is 17.7 Å². The summed E-state index contributed by atoms with van der Waals surface area (Å²) in [7, 11) is 0. The molecule has 210 valence electrons. The maximum Gasteiger partial charge on any atom is 0.326 e. The van der Waals surface area contributed by atoms with Crippen molar-refractivity contribution in [2.24, 2.45) is 22.2 Å². The molecule has 0 saturated carbocycles. The molecule has 38 heavy (non-hydrogen) atoms. The number of carbonyl (C=O) groups excluding carboxylic acids is 3. The number of aliphatic carboxylic acids is 3. The Balaban J connectivity index is 3.02. The molecule has 0 aliphatic rings. The Hall–Kier alpha value is -4.74. The lowest BCUT2D eigenvalue weighted by Gasteiger charge is -2.24. The van der Waals surface area contributed by atoms with Gasteiger partial charge in [-0.15, -0.1) is 0 Å². The zero-order valence-corrected chi connectivity index (χ0v) is 20.1. The van der Waals surface area contributed by atoms with E-state index in [1.165, 1.54) is 12.5 Å². The van der Waals surface area contributed by atoms with Crippen LogP contribution in [0.4, 0.5) is 0 Å². The quantitative estimate of drug-likeness (QED) is 0.0509. The highest BCUT2D eigenvalue weighted by molar-refractivity contribution is 5.96. The Bertz CT molecular complexity index is 1030. The topological polar surface area (TPSA) is 318 Å². The molecule has 0 fully saturated rings. The Kier molecular flexibility index (Phi) is 12.7. The Labute approximate surface area is 215 Å². The minimum absolute atomic E-state index is 0.00319. The standard InChI is InChI=1S/C20H31N9O9/c21-10(4-9-7-24-8-26-9)16(34)28-12(5-14(30)31)18(36)27-11(2-1-3-25-20(22)23)17(35)29-13(19(37)38)6-15(32)33/h7-8,10-13H,1-6,21H2,(H,24,26)(H,27,36)(H,28,34)(H,29,35)(H,30,31)(H,32,33)(H,37,38)(H4,22,23,25). The average Bonchev–Trinajstić information content (AvgIpc) is 3.32. The van der Waals surface area contributed by atoms with E-state index >= 15 is 0 Å². The highest BCUT2D eigenvalue weighted by Gasteiger charge is 2.32. The number of aromatic nitrogens is 2. The molecular formula is C20H31N9O9. The number of H-pyrrole nitrogens is 1.